The fraction of sp³-hybridized carbons (Fsp3) is 0.632. The molecule has 1 rings (SSSR count). The van der Waals surface area contributed by atoms with Gasteiger partial charge in [-0.2, -0.15) is 0 Å². The van der Waals surface area contributed by atoms with Crippen molar-refractivity contribution in [3.05, 3.63) is 35.4 Å². The Morgan fingerprint density at radius 2 is 1.67 bits per heavy atom. The van der Waals surface area contributed by atoms with E-state index >= 15 is 0 Å². The molecule has 0 aliphatic heterocycles. The second-order valence-electron chi connectivity index (χ2n) is 7.29. The van der Waals surface area contributed by atoms with Crippen LogP contribution in [0.15, 0.2) is 24.3 Å². The summed E-state index contributed by atoms with van der Waals surface area (Å²) in [4.78, 5) is 12.4. The van der Waals surface area contributed by atoms with E-state index in [-0.39, 0.29) is 30.3 Å². The van der Waals surface area contributed by atoms with Crippen LogP contribution in [0.25, 0.3) is 0 Å². The van der Waals surface area contributed by atoms with E-state index < -0.39 is 11.5 Å². The predicted octanol–water partition coefficient (Wildman–Crippen LogP) is 3.32. The fourth-order valence-corrected chi connectivity index (χ4v) is 2.65. The summed E-state index contributed by atoms with van der Waals surface area (Å²) < 4.78 is 0. The Balaban J connectivity index is 0.00000529. The molecule has 0 aliphatic carbocycles. The van der Waals surface area contributed by atoms with E-state index in [4.69, 9.17) is 5.73 Å². The third kappa shape index (κ3) is 5.47. The lowest BCUT2D eigenvalue weighted by Gasteiger charge is -2.29. The summed E-state index contributed by atoms with van der Waals surface area (Å²) in [5.41, 5.74) is 7.36. The molecule has 0 aromatic heterocycles. The molecule has 4 N–H and O–H groups in total. The van der Waals surface area contributed by atoms with Gasteiger partial charge in [0.05, 0.1) is 11.5 Å². The second-order valence-corrected chi connectivity index (χ2v) is 7.29. The summed E-state index contributed by atoms with van der Waals surface area (Å²) in [5, 5.41) is 13.2. The molecule has 1 atom stereocenters. The highest BCUT2D eigenvalue weighted by atomic mass is 35.5. The van der Waals surface area contributed by atoms with Gasteiger partial charge in [-0.15, -0.1) is 12.4 Å². The minimum absolute atomic E-state index is 0. The summed E-state index contributed by atoms with van der Waals surface area (Å²) in [6.45, 7) is 10.9. The normalized spacial score (nSPS) is 13.1. The van der Waals surface area contributed by atoms with Crippen molar-refractivity contribution in [3.63, 3.8) is 0 Å². The Hall–Kier alpha value is -1.10. The largest absolute Gasteiger partial charge is 0.387 e. The zero-order valence-corrected chi connectivity index (χ0v) is 16.4. The number of carbonyl (C=O) groups is 1. The van der Waals surface area contributed by atoms with Gasteiger partial charge in [0.1, 0.15) is 0 Å². The molecule has 0 aliphatic rings. The van der Waals surface area contributed by atoms with E-state index in [0.29, 0.717) is 19.4 Å². The Morgan fingerprint density at radius 3 is 2.04 bits per heavy atom. The molecule has 5 heteroatoms. The van der Waals surface area contributed by atoms with Crippen molar-refractivity contribution in [2.45, 2.75) is 59.0 Å². The average molecular weight is 357 g/mol. The molecule has 0 heterocycles. The van der Waals surface area contributed by atoms with Crippen LogP contribution in [0.5, 0.6) is 0 Å². The lowest BCUT2D eigenvalue weighted by atomic mass is 9.81. The molecule has 1 unspecified atom stereocenters. The standard InChI is InChI=1S/C19H32N2O2.ClH/c1-6-19(7-2,13-20)17(23)21-12-16(22)14-8-10-15(11-9-14)18(3,4)5;/h8-11,16,22H,6-7,12-13,20H2,1-5H3,(H,21,23);1H. The third-order valence-corrected chi connectivity index (χ3v) is 4.84. The van der Waals surface area contributed by atoms with Gasteiger partial charge in [-0.1, -0.05) is 58.9 Å². The van der Waals surface area contributed by atoms with E-state index in [1.54, 1.807) is 0 Å². The molecule has 24 heavy (non-hydrogen) atoms. The number of nitrogens with one attached hydrogen (secondary N) is 1. The van der Waals surface area contributed by atoms with Gasteiger partial charge in [0, 0.05) is 13.1 Å². The number of carbonyl (C=O) groups excluding carboxylic acids is 1. The summed E-state index contributed by atoms with van der Waals surface area (Å²) in [6.07, 6.45) is 0.682. The van der Waals surface area contributed by atoms with Crippen LogP contribution in [-0.2, 0) is 10.2 Å². The van der Waals surface area contributed by atoms with Gasteiger partial charge in [0.15, 0.2) is 0 Å². The molecule has 1 aromatic rings. The maximum atomic E-state index is 12.4. The van der Waals surface area contributed by atoms with Crippen LogP contribution in [0.4, 0.5) is 0 Å². The second kappa shape index (κ2) is 9.40. The molecule has 0 radical (unpaired) electrons. The van der Waals surface area contributed by atoms with Crippen molar-refractivity contribution in [3.8, 4) is 0 Å². The van der Waals surface area contributed by atoms with Crippen LogP contribution >= 0.6 is 12.4 Å². The Labute approximate surface area is 152 Å². The van der Waals surface area contributed by atoms with Crippen LogP contribution in [0.3, 0.4) is 0 Å². The highest BCUT2D eigenvalue weighted by Gasteiger charge is 2.33. The van der Waals surface area contributed by atoms with Crippen LogP contribution < -0.4 is 11.1 Å². The number of amides is 1. The fourth-order valence-electron chi connectivity index (χ4n) is 2.65. The lowest BCUT2D eigenvalue weighted by Crippen LogP contribution is -2.46. The maximum Gasteiger partial charge on any atom is 0.227 e. The van der Waals surface area contributed by atoms with Crippen molar-refractivity contribution >= 4 is 18.3 Å². The number of aliphatic hydroxyl groups is 1. The molecule has 0 fully saturated rings. The van der Waals surface area contributed by atoms with Crippen molar-refractivity contribution in [2.75, 3.05) is 13.1 Å². The van der Waals surface area contributed by atoms with E-state index in [2.05, 4.69) is 26.1 Å². The number of halogens is 1. The third-order valence-electron chi connectivity index (χ3n) is 4.84. The first-order valence-corrected chi connectivity index (χ1v) is 8.47. The van der Waals surface area contributed by atoms with Gasteiger partial charge in [-0.3, -0.25) is 4.79 Å². The van der Waals surface area contributed by atoms with Gasteiger partial charge in [-0.25, -0.2) is 0 Å². The minimum Gasteiger partial charge on any atom is -0.387 e. The number of benzene rings is 1. The van der Waals surface area contributed by atoms with Crippen molar-refractivity contribution < 1.29 is 9.90 Å². The number of rotatable bonds is 7. The zero-order chi connectivity index (χ0) is 17.7. The number of nitrogens with two attached hydrogens (primary N) is 1. The molecular weight excluding hydrogens is 324 g/mol. The molecule has 0 spiro atoms. The maximum absolute atomic E-state index is 12.4. The molecule has 1 amide bonds. The summed E-state index contributed by atoms with van der Waals surface area (Å²) in [7, 11) is 0. The highest BCUT2D eigenvalue weighted by molar-refractivity contribution is 5.85. The van der Waals surface area contributed by atoms with E-state index in [1.807, 2.05) is 38.1 Å². The minimum atomic E-state index is -0.711. The Kier molecular flexibility index (Phi) is 8.97. The molecule has 1 aromatic carbocycles. The smallest absolute Gasteiger partial charge is 0.227 e. The molecule has 4 nitrogen and oxygen atoms in total. The summed E-state index contributed by atoms with van der Waals surface area (Å²) in [5.74, 6) is -0.0737. The van der Waals surface area contributed by atoms with E-state index in [1.165, 1.54) is 5.56 Å². The van der Waals surface area contributed by atoms with Crippen molar-refractivity contribution in [1.29, 1.82) is 0 Å². The van der Waals surface area contributed by atoms with Gasteiger partial charge < -0.3 is 16.2 Å². The zero-order valence-electron chi connectivity index (χ0n) is 15.6. The molecule has 138 valence electrons. The number of hydrogen-bond donors (Lipinski definition) is 3. The quantitative estimate of drug-likeness (QED) is 0.701. The Morgan fingerprint density at radius 1 is 1.17 bits per heavy atom. The van der Waals surface area contributed by atoms with Crippen molar-refractivity contribution in [2.24, 2.45) is 11.1 Å². The van der Waals surface area contributed by atoms with Crippen LogP contribution in [0.1, 0.15) is 64.7 Å². The summed E-state index contributed by atoms with van der Waals surface area (Å²) >= 11 is 0. The van der Waals surface area contributed by atoms with Gasteiger partial charge >= 0.3 is 0 Å². The number of hydrogen-bond acceptors (Lipinski definition) is 3. The Bertz CT molecular complexity index is 497. The monoisotopic (exact) mass is 356 g/mol. The van der Waals surface area contributed by atoms with Crippen LogP contribution in [0.2, 0.25) is 0 Å². The average Bonchev–Trinajstić information content (AvgIpc) is 2.54. The first-order chi connectivity index (χ1) is 10.7. The molecule has 0 bridgehead atoms. The topological polar surface area (TPSA) is 75.4 Å². The van der Waals surface area contributed by atoms with Gasteiger partial charge in [0.2, 0.25) is 5.91 Å². The summed E-state index contributed by atoms with van der Waals surface area (Å²) in [6, 6.07) is 7.91. The molecular formula is C19H33ClN2O2. The van der Waals surface area contributed by atoms with Crippen LogP contribution in [-0.4, -0.2) is 24.1 Å². The molecule has 0 saturated carbocycles. The van der Waals surface area contributed by atoms with Crippen molar-refractivity contribution in [1.82, 2.24) is 5.32 Å². The highest BCUT2D eigenvalue weighted by Crippen LogP contribution is 2.26. The SMILES string of the molecule is CCC(CC)(CN)C(=O)NCC(O)c1ccc(C(C)(C)C)cc1.Cl. The number of aliphatic hydroxyl groups excluding tert-OH is 1. The van der Waals surface area contributed by atoms with Gasteiger partial charge in [-0.05, 0) is 29.4 Å². The predicted molar refractivity (Wildman–Crippen MR) is 102 cm³/mol. The van der Waals surface area contributed by atoms with Crippen LogP contribution in [0, 0.1) is 5.41 Å². The van der Waals surface area contributed by atoms with Gasteiger partial charge in [0.25, 0.3) is 0 Å². The van der Waals surface area contributed by atoms with E-state index in [0.717, 1.165) is 5.56 Å². The van der Waals surface area contributed by atoms with E-state index in [9.17, 15) is 9.90 Å². The first-order valence-electron chi connectivity index (χ1n) is 8.47. The first kappa shape index (κ1) is 22.9. The lowest BCUT2D eigenvalue weighted by molar-refractivity contribution is -0.131. The molecule has 0 saturated heterocycles.